The summed E-state index contributed by atoms with van der Waals surface area (Å²) in [5.41, 5.74) is 2.96. The summed E-state index contributed by atoms with van der Waals surface area (Å²) >= 11 is 15.8. The molecule has 0 radical (unpaired) electrons. The summed E-state index contributed by atoms with van der Waals surface area (Å²) in [4.78, 5) is 0. The first-order valence-corrected chi connectivity index (χ1v) is 9.65. The number of rotatable bonds is 5. The molecule has 0 spiro atoms. The SMILES string of the molecule is N#C/C(=C\c1cc(Cl)ccc1OCc1ccccc1Cl)c1ccc(Br)cc1. The fraction of sp³-hybridized carbons (Fsp3) is 0.0455. The Kier molecular flexibility index (Phi) is 6.58. The van der Waals surface area contributed by atoms with Crippen molar-refractivity contribution in [2.75, 3.05) is 0 Å². The third-order valence-electron chi connectivity index (χ3n) is 3.89. The Hall–Kier alpha value is -2.25. The Morgan fingerprint density at radius 2 is 1.78 bits per heavy atom. The molecule has 0 bridgehead atoms. The first-order chi connectivity index (χ1) is 13.1. The second kappa shape index (κ2) is 9.10. The summed E-state index contributed by atoms with van der Waals surface area (Å²) < 4.78 is 6.91. The molecule has 0 saturated heterocycles. The second-order valence-corrected chi connectivity index (χ2v) is 7.50. The van der Waals surface area contributed by atoms with Crippen LogP contribution in [-0.4, -0.2) is 0 Å². The smallest absolute Gasteiger partial charge is 0.127 e. The standard InChI is InChI=1S/C22H14BrCl2NO/c23-19-7-5-15(6-8-19)18(13-26)11-17-12-20(24)9-10-22(17)27-14-16-3-1-2-4-21(16)25/h1-12H,14H2/b18-11+. The van der Waals surface area contributed by atoms with E-state index in [0.29, 0.717) is 28.0 Å². The van der Waals surface area contributed by atoms with Crippen LogP contribution in [0, 0.1) is 11.3 Å². The number of allylic oxidation sites excluding steroid dienone is 1. The molecule has 0 N–H and O–H groups in total. The third-order valence-corrected chi connectivity index (χ3v) is 5.02. The molecule has 27 heavy (non-hydrogen) atoms. The zero-order valence-electron chi connectivity index (χ0n) is 14.1. The molecule has 0 atom stereocenters. The van der Waals surface area contributed by atoms with E-state index in [0.717, 1.165) is 21.2 Å². The van der Waals surface area contributed by atoms with E-state index in [9.17, 15) is 5.26 Å². The van der Waals surface area contributed by atoms with Gasteiger partial charge in [-0.25, -0.2) is 0 Å². The van der Waals surface area contributed by atoms with Crippen LogP contribution in [0.1, 0.15) is 16.7 Å². The maximum atomic E-state index is 9.59. The van der Waals surface area contributed by atoms with E-state index in [1.165, 1.54) is 0 Å². The highest BCUT2D eigenvalue weighted by molar-refractivity contribution is 9.10. The molecule has 3 aromatic rings. The lowest BCUT2D eigenvalue weighted by molar-refractivity contribution is 0.305. The number of nitrogens with zero attached hydrogens (tertiary/aromatic N) is 1. The van der Waals surface area contributed by atoms with Gasteiger partial charge >= 0.3 is 0 Å². The fourth-order valence-corrected chi connectivity index (χ4v) is 3.13. The van der Waals surface area contributed by atoms with Gasteiger partial charge in [0.2, 0.25) is 0 Å². The van der Waals surface area contributed by atoms with Gasteiger partial charge in [-0.15, -0.1) is 0 Å². The average molecular weight is 459 g/mol. The van der Waals surface area contributed by atoms with Crippen molar-refractivity contribution in [2.24, 2.45) is 0 Å². The van der Waals surface area contributed by atoms with E-state index < -0.39 is 0 Å². The lowest BCUT2D eigenvalue weighted by Crippen LogP contribution is -1.98. The molecular weight excluding hydrogens is 445 g/mol. The van der Waals surface area contributed by atoms with E-state index in [1.807, 2.05) is 48.5 Å². The Morgan fingerprint density at radius 3 is 2.48 bits per heavy atom. The minimum atomic E-state index is 0.322. The molecule has 0 aliphatic heterocycles. The van der Waals surface area contributed by atoms with E-state index in [1.54, 1.807) is 24.3 Å². The van der Waals surface area contributed by atoms with Crippen LogP contribution >= 0.6 is 39.1 Å². The van der Waals surface area contributed by atoms with Crippen LogP contribution in [0.25, 0.3) is 11.6 Å². The van der Waals surface area contributed by atoms with Gasteiger partial charge in [0.05, 0.1) is 11.6 Å². The zero-order valence-corrected chi connectivity index (χ0v) is 17.2. The number of halogens is 3. The molecule has 134 valence electrons. The molecule has 3 rings (SSSR count). The quantitative estimate of drug-likeness (QED) is 0.294. The third kappa shape index (κ3) is 5.14. The van der Waals surface area contributed by atoms with Crippen LogP contribution < -0.4 is 4.74 Å². The summed E-state index contributed by atoms with van der Waals surface area (Å²) in [5, 5.41) is 10.8. The molecule has 0 amide bonds. The summed E-state index contributed by atoms with van der Waals surface area (Å²) in [7, 11) is 0. The molecular formula is C22H14BrCl2NO. The second-order valence-electron chi connectivity index (χ2n) is 5.74. The van der Waals surface area contributed by atoms with Crippen LogP contribution in [-0.2, 0) is 6.61 Å². The maximum Gasteiger partial charge on any atom is 0.127 e. The maximum absolute atomic E-state index is 9.59. The van der Waals surface area contributed by atoms with Crippen LogP contribution in [0.5, 0.6) is 5.75 Å². The fourth-order valence-electron chi connectivity index (χ4n) is 2.50. The Balaban J connectivity index is 1.92. The number of hydrogen-bond acceptors (Lipinski definition) is 2. The van der Waals surface area contributed by atoms with Crippen molar-refractivity contribution >= 4 is 50.8 Å². The van der Waals surface area contributed by atoms with Gasteiger partial charge in [0, 0.05) is 25.6 Å². The molecule has 0 fully saturated rings. The van der Waals surface area contributed by atoms with Gasteiger partial charge in [-0.2, -0.15) is 5.26 Å². The van der Waals surface area contributed by atoms with E-state index in [-0.39, 0.29) is 0 Å². The highest BCUT2D eigenvalue weighted by atomic mass is 79.9. The molecule has 2 nitrogen and oxygen atoms in total. The lowest BCUT2D eigenvalue weighted by Gasteiger charge is -2.11. The minimum absolute atomic E-state index is 0.322. The van der Waals surface area contributed by atoms with E-state index >= 15 is 0 Å². The van der Waals surface area contributed by atoms with Crippen molar-refractivity contribution < 1.29 is 4.74 Å². The minimum Gasteiger partial charge on any atom is -0.488 e. The van der Waals surface area contributed by atoms with Gasteiger partial charge in [-0.3, -0.25) is 0 Å². The van der Waals surface area contributed by atoms with Gasteiger partial charge < -0.3 is 4.74 Å². The summed E-state index contributed by atoms with van der Waals surface area (Å²) in [6.45, 7) is 0.322. The predicted molar refractivity (Wildman–Crippen MR) is 115 cm³/mol. The highest BCUT2D eigenvalue weighted by Crippen LogP contribution is 2.29. The monoisotopic (exact) mass is 457 g/mol. The Labute approximate surface area is 176 Å². The van der Waals surface area contributed by atoms with Crippen molar-refractivity contribution in [3.63, 3.8) is 0 Å². The first kappa shape index (κ1) is 19.5. The molecule has 0 aliphatic rings. The van der Waals surface area contributed by atoms with Crippen molar-refractivity contribution in [1.29, 1.82) is 5.26 Å². The van der Waals surface area contributed by atoms with Gasteiger partial charge in [0.1, 0.15) is 12.4 Å². The van der Waals surface area contributed by atoms with Gasteiger partial charge in [-0.1, -0.05) is 69.5 Å². The molecule has 0 aromatic heterocycles. The van der Waals surface area contributed by atoms with Crippen LogP contribution in [0.4, 0.5) is 0 Å². The topological polar surface area (TPSA) is 33.0 Å². The molecule has 0 heterocycles. The van der Waals surface area contributed by atoms with Crippen molar-refractivity contribution in [3.8, 4) is 11.8 Å². The van der Waals surface area contributed by atoms with Gasteiger partial charge in [0.25, 0.3) is 0 Å². The number of ether oxygens (including phenoxy) is 1. The lowest BCUT2D eigenvalue weighted by atomic mass is 10.0. The van der Waals surface area contributed by atoms with Gasteiger partial charge in [-0.05, 0) is 48.0 Å². The molecule has 3 aromatic carbocycles. The number of hydrogen-bond donors (Lipinski definition) is 0. The van der Waals surface area contributed by atoms with Crippen LogP contribution in [0.15, 0.2) is 71.2 Å². The Morgan fingerprint density at radius 1 is 1.04 bits per heavy atom. The predicted octanol–water partition coefficient (Wildman–Crippen LogP) is 7.40. The average Bonchev–Trinajstić information content (AvgIpc) is 2.67. The highest BCUT2D eigenvalue weighted by Gasteiger charge is 2.08. The van der Waals surface area contributed by atoms with Crippen molar-refractivity contribution in [1.82, 2.24) is 0 Å². The summed E-state index contributed by atoms with van der Waals surface area (Å²) in [5.74, 6) is 0.629. The molecule has 5 heteroatoms. The molecule has 0 aliphatic carbocycles. The zero-order chi connectivity index (χ0) is 19.2. The first-order valence-electron chi connectivity index (χ1n) is 8.10. The van der Waals surface area contributed by atoms with Crippen LogP contribution in [0.3, 0.4) is 0 Å². The molecule has 0 unspecified atom stereocenters. The normalized spacial score (nSPS) is 11.1. The summed E-state index contributed by atoms with van der Waals surface area (Å²) in [6.07, 6.45) is 1.77. The van der Waals surface area contributed by atoms with Crippen molar-refractivity contribution in [2.45, 2.75) is 6.61 Å². The number of nitriles is 1. The van der Waals surface area contributed by atoms with Crippen LogP contribution in [0.2, 0.25) is 10.0 Å². The number of benzene rings is 3. The van der Waals surface area contributed by atoms with E-state index in [4.69, 9.17) is 27.9 Å². The Bertz CT molecular complexity index is 1020. The van der Waals surface area contributed by atoms with E-state index in [2.05, 4.69) is 22.0 Å². The van der Waals surface area contributed by atoms with Gasteiger partial charge in [0.15, 0.2) is 0 Å². The summed E-state index contributed by atoms with van der Waals surface area (Å²) in [6, 6.07) is 22.6. The molecule has 0 saturated carbocycles. The largest absolute Gasteiger partial charge is 0.488 e. The van der Waals surface area contributed by atoms with Crippen molar-refractivity contribution in [3.05, 3.63) is 97.9 Å².